The van der Waals surface area contributed by atoms with Crippen LogP contribution in [0.25, 0.3) is 5.76 Å². The molecule has 22 heavy (non-hydrogen) atoms. The number of aryl methyl sites for hydroxylation is 1. The minimum atomic E-state index is -0.403. The second kappa shape index (κ2) is 6.25. The van der Waals surface area contributed by atoms with Crippen molar-refractivity contribution in [2.45, 2.75) is 46.0 Å². The average molecular weight is 304 g/mol. The number of Topliss-reactive ketones (excluding diaryl/α,β-unsaturated/α-hetero) is 2. The number of rotatable bonds is 3. The second-order valence-corrected chi connectivity index (χ2v) is 5.55. The third-order valence-corrected chi connectivity index (χ3v) is 3.94. The van der Waals surface area contributed by atoms with Gasteiger partial charge in [-0.15, -0.1) is 0 Å². The minimum absolute atomic E-state index is 0.143. The summed E-state index contributed by atoms with van der Waals surface area (Å²) in [6.07, 6.45) is 2.33. The number of aliphatic hydroxyl groups is 1. The zero-order valence-corrected chi connectivity index (χ0v) is 13.1. The van der Waals surface area contributed by atoms with Crippen LogP contribution in [0.15, 0.2) is 10.4 Å². The van der Waals surface area contributed by atoms with Crippen molar-refractivity contribution in [1.82, 2.24) is 9.78 Å². The summed E-state index contributed by atoms with van der Waals surface area (Å²) in [6, 6.07) is 0. The maximum atomic E-state index is 12.1. The number of hydrogen-bond acceptors (Lipinski definition) is 5. The van der Waals surface area contributed by atoms with E-state index >= 15 is 0 Å². The number of carbonyl (C=O) groups is 2. The molecule has 0 atom stereocenters. The second-order valence-electron chi connectivity index (χ2n) is 5.55. The molecule has 0 amide bonds. The zero-order chi connectivity index (χ0) is 16.4. The van der Waals surface area contributed by atoms with Crippen LogP contribution in [0.5, 0.6) is 0 Å². The van der Waals surface area contributed by atoms with Gasteiger partial charge in [-0.05, 0) is 25.3 Å². The number of carbonyl (C=O) groups excluding carboxylic acids is 2. The van der Waals surface area contributed by atoms with E-state index in [0.717, 1.165) is 11.1 Å². The summed E-state index contributed by atoms with van der Waals surface area (Å²) in [6.45, 7) is 3.63. The lowest BCUT2D eigenvalue weighted by molar-refractivity contribution is -0.123. The fourth-order valence-corrected chi connectivity index (χ4v) is 2.74. The molecule has 1 aromatic rings. The molecule has 0 aliphatic heterocycles. The predicted molar refractivity (Wildman–Crippen MR) is 81.6 cm³/mol. The van der Waals surface area contributed by atoms with Gasteiger partial charge in [0.25, 0.3) is 5.56 Å². The Bertz CT molecular complexity index is 710. The Morgan fingerprint density at radius 2 is 1.82 bits per heavy atom. The SMILES string of the molecule is CCCc1c(C)c(C(O)=C2C(=O)CCCC2=O)nn(C)c1=O. The highest BCUT2D eigenvalue weighted by Crippen LogP contribution is 2.25. The lowest BCUT2D eigenvalue weighted by Crippen LogP contribution is -2.28. The minimum Gasteiger partial charge on any atom is -0.505 e. The third kappa shape index (κ3) is 2.73. The number of aliphatic hydroxyl groups excluding tert-OH is 1. The smallest absolute Gasteiger partial charge is 0.269 e. The maximum absolute atomic E-state index is 12.1. The quantitative estimate of drug-likeness (QED) is 0.521. The standard InChI is InChI=1S/C16H20N2O4/c1-4-6-10-9(2)14(17-18(3)16(10)22)15(21)13-11(19)7-5-8-12(13)20/h21H,4-8H2,1-3H3. The van der Waals surface area contributed by atoms with Crippen LogP contribution >= 0.6 is 0 Å². The molecule has 0 saturated heterocycles. The fourth-order valence-electron chi connectivity index (χ4n) is 2.74. The van der Waals surface area contributed by atoms with Crippen molar-refractivity contribution >= 4 is 17.3 Å². The van der Waals surface area contributed by atoms with E-state index in [1.807, 2.05) is 6.92 Å². The molecule has 1 fully saturated rings. The van der Waals surface area contributed by atoms with Crippen molar-refractivity contribution in [2.24, 2.45) is 7.05 Å². The normalized spacial score (nSPS) is 15.3. The molecule has 0 bridgehead atoms. The fraction of sp³-hybridized carbons (Fsp3) is 0.500. The molecule has 0 radical (unpaired) electrons. The highest BCUT2D eigenvalue weighted by molar-refractivity contribution is 6.25. The van der Waals surface area contributed by atoms with Crippen LogP contribution in [0.2, 0.25) is 0 Å². The zero-order valence-electron chi connectivity index (χ0n) is 13.1. The first-order valence-corrected chi connectivity index (χ1v) is 7.45. The molecular formula is C16H20N2O4. The van der Waals surface area contributed by atoms with E-state index < -0.39 is 5.76 Å². The number of ketones is 2. The van der Waals surface area contributed by atoms with Gasteiger partial charge in [0.2, 0.25) is 0 Å². The summed E-state index contributed by atoms with van der Waals surface area (Å²) in [5, 5.41) is 14.5. The Balaban J connectivity index is 2.69. The van der Waals surface area contributed by atoms with E-state index in [1.54, 1.807) is 6.92 Å². The first kappa shape index (κ1) is 16.1. The predicted octanol–water partition coefficient (Wildman–Crippen LogP) is 1.63. The molecule has 6 nitrogen and oxygen atoms in total. The van der Waals surface area contributed by atoms with Gasteiger partial charge in [0.1, 0.15) is 11.3 Å². The van der Waals surface area contributed by atoms with Crippen LogP contribution in [0.1, 0.15) is 49.4 Å². The molecule has 0 spiro atoms. The van der Waals surface area contributed by atoms with Crippen LogP contribution in [0.3, 0.4) is 0 Å². The largest absolute Gasteiger partial charge is 0.505 e. The molecule has 1 aliphatic rings. The van der Waals surface area contributed by atoms with E-state index in [1.165, 1.54) is 7.05 Å². The monoisotopic (exact) mass is 304 g/mol. The molecule has 0 aromatic carbocycles. The summed E-state index contributed by atoms with van der Waals surface area (Å²) in [5.41, 5.74) is 0.827. The molecule has 1 heterocycles. The van der Waals surface area contributed by atoms with Crippen LogP contribution < -0.4 is 5.56 Å². The third-order valence-electron chi connectivity index (χ3n) is 3.94. The van der Waals surface area contributed by atoms with Gasteiger partial charge in [-0.1, -0.05) is 13.3 Å². The molecule has 1 aliphatic carbocycles. The van der Waals surface area contributed by atoms with Gasteiger partial charge in [-0.3, -0.25) is 14.4 Å². The molecule has 118 valence electrons. The van der Waals surface area contributed by atoms with Crippen molar-refractivity contribution in [2.75, 3.05) is 0 Å². The Labute approximate surface area is 128 Å². The van der Waals surface area contributed by atoms with Crippen LogP contribution in [-0.4, -0.2) is 26.5 Å². The molecule has 6 heteroatoms. The van der Waals surface area contributed by atoms with Gasteiger partial charge >= 0.3 is 0 Å². The molecular weight excluding hydrogens is 284 g/mol. The average Bonchev–Trinajstić information content (AvgIpc) is 2.47. The summed E-state index contributed by atoms with van der Waals surface area (Å²) < 4.78 is 1.14. The topological polar surface area (TPSA) is 89.3 Å². The Kier molecular flexibility index (Phi) is 4.59. The van der Waals surface area contributed by atoms with E-state index in [4.69, 9.17) is 0 Å². The Hall–Kier alpha value is -2.24. The number of allylic oxidation sites excluding steroid dienone is 1. The Morgan fingerprint density at radius 3 is 2.36 bits per heavy atom. The molecule has 1 N–H and O–H groups in total. The van der Waals surface area contributed by atoms with E-state index in [9.17, 15) is 19.5 Å². The van der Waals surface area contributed by atoms with Crippen LogP contribution in [-0.2, 0) is 23.1 Å². The highest BCUT2D eigenvalue weighted by atomic mass is 16.3. The lowest BCUT2D eigenvalue weighted by atomic mass is 9.90. The van der Waals surface area contributed by atoms with Crippen molar-refractivity contribution in [3.8, 4) is 0 Å². The van der Waals surface area contributed by atoms with Crippen LogP contribution in [0, 0.1) is 6.92 Å². The lowest BCUT2D eigenvalue weighted by Gasteiger charge is -2.16. The van der Waals surface area contributed by atoms with Crippen molar-refractivity contribution in [3.63, 3.8) is 0 Å². The Morgan fingerprint density at radius 1 is 1.23 bits per heavy atom. The molecule has 2 rings (SSSR count). The first-order valence-electron chi connectivity index (χ1n) is 7.45. The van der Waals surface area contributed by atoms with Gasteiger partial charge in [-0.2, -0.15) is 5.10 Å². The number of nitrogens with zero attached hydrogens (tertiary/aromatic N) is 2. The first-order chi connectivity index (χ1) is 10.4. The highest BCUT2D eigenvalue weighted by Gasteiger charge is 2.29. The summed E-state index contributed by atoms with van der Waals surface area (Å²) >= 11 is 0. The van der Waals surface area contributed by atoms with Crippen molar-refractivity contribution in [3.05, 3.63) is 32.7 Å². The maximum Gasteiger partial charge on any atom is 0.269 e. The van der Waals surface area contributed by atoms with Gasteiger partial charge in [0, 0.05) is 25.5 Å². The molecule has 1 saturated carbocycles. The molecule has 0 unspecified atom stereocenters. The van der Waals surface area contributed by atoms with E-state index in [-0.39, 0.29) is 41.2 Å². The van der Waals surface area contributed by atoms with Gasteiger partial charge in [0.05, 0.1) is 0 Å². The summed E-state index contributed by atoms with van der Waals surface area (Å²) in [4.78, 5) is 36.0. The van der Waals surface area contributed by atoms with Gasteiger partial charge < -0.3 is 5.11 Å². The van der Waals surface area contributed by atoms with Gasteiger partial charge in [0.15, 0.2) is 17.3 Å². The number of aromatic nitrogens is 2. The van der Waals surface area contributed by atoms with E-state index in [2.05, 4.69) is 5.10 Å². The van der Waals surface area contributed by atoms with Crippen molar-refractivity contribution < 1.29 is 14.7 Å². The summed E-state index contributed by atoms with van der Waals surface area (Å²) in [7, 11) is 1.49. The van der Waals surface area contributed by atoms with E-state index in [0.29, 0.717) is 24.0 Å². The van der Waals surface area contributed by atoms with Crippen LogP contribution in [0.4, 0.5) is 0 Å². The molecule has 1 aromatic heterocycles. The van der Waals surface area contributed by atoms with Crippen molar-refractivity contribution in [1.29, 1.82) is 0 Å². The van der Waals surface area contributed by atoms with Gasteiger partial charge in [-0.25, -0.2) is 4.68 Å². The number of hydrogen-bond donors (Lipinski definition) is 1. The summed E-state index contributed by atoms with van der Waals surface area (Å²) in [5.74, 6) is -1.12.